The first kappa shape index (κ1) is 20.8. The van der Waals surface area contributed by atoms with Gasteiger partial charge in [0.2, 0.25) is 5.91 Å². The van der Waals surface area contributed by atoms with Crippen molar-refractivity contribution in [2.24, 2.45) is 0 Å². The van der Waals surface area contributed by atoms with E-state index in [1.165, 1.54) is 6.07 Å². The molecule has 2 aromatic rings. The number of fused-ring (bicyclic) bond motifs is 1. The van der Waals surface area contributed by atoms with Crippen LogP contribution < -0.4 is 9.80 Å². The molecular weight excluding hydrogens is 381 g/mol. The first-order valence-corrected chi connectivity index (χ1v) is 10.9. The Labute approximate surface area is 177 Å². The number of carbonyl (C=O) groups excluding carboxylic acids is 1. The highest BCUT2D eigenvalue weighted by molar-refractivity contribution is 5.94. The van der Waals surface area contributed by atoms with E-state index in [9.17, 15) is 14.3 Å². The average molecular weight is 412 g/mol. The fourth-order valence-corrected chi connectivity index (χ4v) is 4.50. The van der Waals surface area contributed by atoms with Gasteiger partial charge < -0.3 is 14.9 Å². The van der Waals surface area contributed by atoms with E-state index in [1.807, 2.05) is 36.1 Å². The number of aliphatic hydroxyl groups is 1. The van der Waals surface area contributed by atoms with E-state index in [4.69, 9.17) is 0 Å². The van der Waals surface area contributed by atoms with Crippen molar-refractivity contribution in [2.75, 3.05) is 49.1 Å². The largest absolute Gasteiger partial charge is 0.387 e. The highest BCUT2D eigenvalue weighted by Gasteiger charge is 2.24. The molecule has 1 amide bonds. The van der Waals surface area contributed by atoms with Crippen LogP contribution in [0.5, 0.6) is 0 Å². The van der Waals surface area contributed by atoms with Gasteiger partial charge in [0.1, 0.15) is 5.82 Å². The molecule has 0 aliphatic carbocycles. The summed E-state index contributed by atoms with van der Waals surface area (Å²) in [5.74, 6) is -0.0346. The van der Waals surface area contributed by atoms with E-state index < -0.39 is 6.10 Å². The molecule has 0 bridgehead atoms. The van der Waals surface area contributed by atoms with Crippen molar-refractivity contribution in [3.05, 3.63) is 59.4 Å². The SMILES string of the molecule is CCC(=O)N1CCCc2cc([C@@H](O)CN3CCN(c4ccccc4F)CC3)ccc21. The summed E-state index contributed by atoms with van der Waals surface area (Å²) < 4.78 is 14.0. The van der Waals surface area contributed by atoms with E-state index in [2.05, 4.69) is 15.9 Å². The molecule has 1 N–H and O–H groups in total. The minimum atomic E-state index is -0.576. The average Bonchev–Trinajstić information content (AvgIpc) is 2.78. The molecule has 1 atom stereocenters. The summed E-state index contributed by atoms with van der Waals surface area (Å²) in [6.45, 7) is 6.28. The van der Waals surface area contributed by atoms with Crippen LogP contribution in [0.4, 0.5) is 15.8 Å². The molecular formula is C24H30FN3O2. The zero-order valence-electron chi connectivity index (χ0n) is 17.6. The van der Waals surface area contributed by atoms with Crippen LogP contribution in [0, 0.1) is 5.82 Å². The maximum Gasteiger partial charge on any atom is 0.226 e. The zero-order valence-corrected chi connectivity index (χ0v) is 17.6. The molecule has 2 aliphatic heterocycles. The van der Waals surface area contributed by atoms with Gasteiger partial charge in [-0.2, -0.15) is 0 Å². The number of rotatable bonds is 5. The van der Waals surface area contributed by atoms with Crippen LogP contribution in [-0.2, 0) is 11.2 Å². The van der Waals surface area contributed by atoms with Crippen molar-refractivity contribution in [1.29, 1.82) is 0 Å². The Morgan fingerprint density at radius 2 is 1.83 bits per heavy atom. The summed E-state index contributed by atoms with van der Waals surface area (Å²) in [4.78, 5) is 18.4. The normalized spacial score (nSPS) is 18.2. The smallest absolute Gasteiger partial charge is 0.226 e. The van der Waals surface area contributed by atoms with Gasteiger partial charge in [-0.3, -0.25) is 9.69 Å². The molecule has 0 saturated carbocycles. The molecule has 30 heavy (non-hydrogen) atoms. The lowest BCUT2D eigenvalue weighted by molar-refractivity contribution is -0.118. The molecule has 0 radical (unpaired) electrons. The highest BCUT2D eigenvalue weighted by atomic mass is 19.1. The minimum Gasteiger partial charge on any atom is -0.387 e. The molecule has 0 unspecified atom stereocenters. The summed E-state index contributed by atoms with van der Waals surface area (Å²) in [7, 11) is 0. The Balaban J connectivity index is 1.37. The predicted molar refractivity (Wildman–Crippen MR) is 117 cm³/mol. The lowest BCUT2D eigenvalue weighted by Crippen LogP contribution is -2.47. The number of aryl methyl sites for hydroxylation is 1. The van der Waals surface area contributed by atoms with Gasteiger partial charge in [-0.15, -0.1) is 0 Å². The van der Waals surface area contributed by atoms with Gasteiger partial charge in [0.25, 0.3) is 0 Å². The number of hydrogen-bond donors (Lipinski definition) is 1. The van der Waals surface area contributed by atoms with Gasteiger partial charge in [-0.25, -0.2) is 4.39 Å². The van der Waals surface area contributed by atoms with Crippen molar-refractivity contribution < 1.29 is 14.3 Å². The van der Waals surface area contributed by atoms with Crippen molar-refractivity contribution in [2.45, 2.75) is 32.3 Å². The number of amides is 1. The molecule has 160 valence electrons. The Morgan fingerprint density at radius 1 is 1.07 bits per heavy atom. The third-order valence-corrected chi connectivity index (χ3v) is 6.21. The van der Waals surface area contributed by atoms with Crippen LogP contribution >= 0.6 is 0 Å². The Hall–Kier alpha value is -2.44. The maximum absolute atomic E-state index is 14.0. The minimum absolute atomic E-state index is 0.150. The van der Waals surface area contributed by atoms with Crippen molar-refractivity contribution in [3.8, 4) is 0 Å². The molecule has 2 aromatic carbocycles. The van der Waals surface area contributed by atoms with E-state index >= 15 is 0 Å². The quantitative estimate of drug-likeness (QED) is 0.820. The molecule has 2 aliphatic rings. The third kappa shape index (κ3) is 4.35. The predicted octanol–water partition coefficient (Wildman–Crippen LogP) is 3.37. The number of hydrogen-bond acceptors (Lipinski definition) is 4. The van der Waals surface area contributed by atoms with E-state index in [0.29, 0.717) is 18.7 Å². The molecule has 1 fully saturated rings. The van der Waals surface area contributed by atoms with Gasteiger partial charge in [0.05, 0.1) is 11.8 Å². The molecule has 1 saturated heterocycles. The summed E-state index contributed by atoms with van der Waals surface area (Å²) in [6.07, 6.45) is 1.82. The lowest BCUT2D eigenvalue weighted by atomic mass is 9.96. The van der Waals surface area contributed by atoms with Crippen LogP contribution in [0.25, 0.3) is 0 Å². The number of para-hydroxylation sites is 1. The van der Waals surface area contributed by atoms with Crippen molar-refractivity contribution in [3.63, 3.8) is 0 Å². The molecule has 5 nitrogen and oxygen atoms in total. The maximum atomic E-state index is 14.0. The highest BCUT2D eigenvalue weighted by Crippen LogP contribution is 2.31. The first-order valence-electron chi connectivity index (χ1n) is 10.9. The van der Waals surface area contributed by atoms with Crippen LogP contribution in [0.1, 0.15) is 37.0 Å². The molecule has 6 heteroatoms. The molecule has 0 spiro atoms. The fraction of sp³-hybridized carbons (Fsp3) is 0.458. The second-order valence-corrected chi connectivity index (χ2v) is 8.15. The van der Waals surface area contributed by atoms with Crippen LogP contribution in [-0.4, -0.2) is 55.2 Å². The van der Waals surface area contributed by atoms with Crippen LogP contribution in [0.3, 0.4) is 0 Å². The van der Waals surface area contributed by atoms with E-state index in [1.54, 1.807) is 6.07 Å². The second-order valence-electron chi connectivity index (χ2n) is 8.15. The van der Waals surface area contributed by atoms with Crippen molar-refractivity contribution >= 4 is 17.3 Å². The second kappa shape index (κ2) is 9.14. The number of benzene rings is 2. The van der Waals surface area contributed by atoms with Gasteiger partial charge in [0.15, 0.2) is 0 Å². The number of piperazine rings is 1. The topological polar surface area (TPSA) is 47.0 Å². The first-order chi connectivity index (χ1) is 14.6. The van der Waals surface area contributed by atoms with Crippen molar-refractivity contribution in [1.82, 2.24) is 4.90 Å². The standard InChI is InChI=1S/C24H30FN3O2/c1-2-24(30)28-11-5-6-18-16-19(9-10-21(18)28)23(29)17-26-12-14-27(15-13-26)22-8-4-3-7-20(22)25/h3-4,7-10,16,23,29H,2,5-6,11-15,17H2,1H3/t23-/m0/s1. The van der Waals surface area contributed by atoms with Gasteiger partial charge in [-0.1, -0.05) is 31.2 Å². The van der Waals surface area contributed by atoms with Gasteiger partial charge >= 0.3 is 0 Å². The number of carbonyl (C=O) groups is 1. The zero-order chi connectivity index (χ0) is 21.1. The number of β-amino-alcohol motifs (C(OH)–C–C–N with tert-alkyl or cyclic N) is 1. The third-order valence-electron chi connectivity index (χ3n) is 6.21. The Kier molecular flexibility index (Phi) is 6.35. The summed E-state index contributed by atoms with van der Waals surface area (Å²) >= 11 is 0. The van der Waals surface area contributed by atoms with Gasteiger partial charge in [0, 0.05) is 51.4 Å². The molecule has 0 aromatic heterocycles. The number of halogens is 1. The molecule has 2 heterocycles. The Morgan fingerprint density at radius 3 is 2.57 bits per heavy atom. The number of anilines is 2. The summed E-state index contributed by atoms with van der Waals surface area (Å²) in [5.41, 5.74) is 3.68. The molecule has 4 rings (SSSR count). The number of aliphatic hydroxyl groups excluding tert-OH is 1. The van der Waals surface area contributed by atoms with E-state index in [-0.39, 0.29) is 11.7 Å². The number of nitrogens with zero attached hydrogens (tertiary/aromatic N) is 3. The Bertz CT molecular complexity index is 896. The van der Waals surface area contributed by atoms with Gasteiger partial charge in [-0.05, 0) is 42.2 Å². The fourth-order valence-electron chi connectivity index (χ4n) is 4.50. The summed E-state index contributed by atoms with van der Waals surface area (Å²) in [6, 6.07) is 12.9. The monoisotopic (exact) mass is 411 g/mol. The lowest BCUT2D eigenvalue weighted by Gasteiger charge is -2.37. The van der Waals surface area contributed by atoms with Crippen LogP contribution in [0.2, 0.25) is 0 Å². The van der Waals surface area contributed by atoms with E-state index in [0.717, 1.165) is 62.4 Å². The summed E-state index contributed by atoms with van der Waals surface area (Å²) in [5, 5.41) is 10.8. The van der Waals surface area contributed by atoms with Crippen LogP contribution in [0.15, 0.2) is 42.5 Å².